The van der Waals surface area contributed by atoms with Crippen LogP contribution < -0.4 is 0 Å². The zero-order chi connectivity index (χ0) is 18.2. The Labute approximate surface area is 137 Å². The molecular weight excluding hydrogens is 349 g/mol. The lowest BCUT2D eigenvalue weighted by Crippen LogP contribution is -2.17. The van der Waals surface area contributed by atoms with Crippen LogP contribution in [0.2, 0.25) is 0 Å². The zero-order valence-electron chi connectivity index (χ0n) is 13.0. The summed E-state index contributed by atoms with van der Waals surface area (Å²) in [7, 11) is -3.77. The van der Waals surface area contributed by atoms with E-state index in [0.29, 0.717) is 0 Å². The minimum absolute atomic E-state index is 0.0232. The standard InChI is InChI=1S/C15H17F3O5S/c1-7(19)23-15-10(16)5-9-8(11(20)6-13(17)18)3-4-12(14(9)15)24(2,21)22/h3-4,10-11,13,15,20H,5-6H2,1-2H3/t10-,11-,15-/m1/s1. The summed E-state index contributed by atoms with van der Waals surface area (Å²) < 4.78 is 68.1. The van der Waals surface area contributed by atoms with Gasteiger partial charge in [0.25, 0.3) is 0 Å². The number of hydrogen-bond donors (Lipinski definition) is 1. The summed E-state index contributed by atoms with van der Waals surface area (Å²) in [5.74, 6) is -0.798. The van der Waals surface area contributed by atoms with Gasteiger partial charge in [-0.15, -0.1) is 0 Å². The zero-order valence-corrected chi connectivity index (χ0v) is 13.8. The fourth-order valence-electron chi connectivity index (χ4n) is 2.93. The van der Waals surface area contributed by atoms with Gasteiger partial charge in [-0.25, -0.2) is 21.6 Å². The van der Waals surface area contributed by atoms with E-state index in [4.69, 9.17) is 4.74 Å². The molecule has 0 aromatic heterocycles. The Morgan fingerprint density at radius 2 is 2.04 bits per heavy atom. The summed E-state index contributed by atoms with van der Waals surface area (Å²) in [6.45, 7) is 1.06. The Hall–Kier alpha value is -1.61. The first kappa shape index (κ1) is 18.7. The van der Waals surface area contributed by atoms with Crippen molar-refractivity contribution >= 4 is 15.8 Å². The molecule has 0 aliphatic heterocycles. The number of aliphatic hydroxyl groups is 1. The molecule has 0 heterocycles. The number of rotatable bonds is 5. The van der Waals surface area contributed by atoms with E-state index in [1.807, 2.05) is 0 Å². The number of halogens is 3. The Balaban J connectivity index is 2.63. The van der Waals surface area contributed by atoms with E-state index in [0.717, 1.165) is 19.2 Å². The molecule has 0 unspecified atom stereocenters. The maximum atomic E-state index is 14.3. The SMILES string of the molecule is CC(=O)O[C@H]1c2c(S(C)(=O)=O)ccc([C@H](O)CC(F)F)c2C[C@H]1F. The summed E-state index contributed by atoms with van der Waals surface area (Å²) in [5.41, 5.74) is 0.0471. The van der Waals surface area contributed by atoms with Gasteiger partial charge in [-0.05, 0) is 17.2 Å². The molecule has 134 valence electrons. The Kier molecular flexibility index (Phi) is 5.24. The van der Waals surface area contributed by atoms with Crippen molar-refractivity contribution in [2.75, 3.05) is 6.26 Å². The molecule has 1 N–H and O–H groups in total. The summed E-state index contributed by atoms with van der Waals surface area (Å²) in [6, 6.07) is 2.32. The van der Waals surface area contributed by atoms with E-state index < -0.39 is 47.0 Å². The number of hydrogen-bond acceptors (Lipinski definition) is 5. The van der Waals surface area contributed by atoms with Crippen LogP contribution in [0.4, 0.5) is 13.2 Å². The lowest BCUT2D eigenvalue weighted by atomic mass is 9.97. The number of ether oxygens (including phenoxy) is 1. The highest BCUT2D eigenvalue weighted by Gasteiger charge is 2.41. The van der Waals surface area contributed by atoms with E-state index in [1.165, 1.54) is 6.07 Å². The molecule has 3 atom stereocenters. The Morgan fingerprint density at radius 1 is 1.42 bits per heavy atom. The number of aliphatic hydroxyl groups excluding tert-OH is 1. The highest BCUT2D eigenvalue weighted by atomic mass is 32.2. The van der Waals surface area contributed by atoms with Crippen molar-refractivity contribution in [1.29, 1.82) is 0 Å². The monoisotopic (exact) mass is 366 g/mol. The summed E-state index contributed by atoms with van der Waals surface area (Å²) in [5, 5.41) is 9.94. The molecule has 0 amide bonds. The molecule has 0 bridgehead atoms. The quantitative estimate of drug-likeness (QED) is 0.809. The molecule has 5 nitrogen and oxygen atoms in total. The van der Waals surface area contributed by atoms with Crippen molar-refractivity contribution < 1.29 is 36.2 Å². The first-order valence-corrected chi connectivity index (χ1v) is 9.04. The highest BCUT2D eigenvalue weighted by molar-refractivity contribution is 7.90. The normalized spacial score (nSPS) is 21.6. The smallest absolute Gasteiger partial charge is 0.303 e. The van der Waals surface area contributed by atoms with Crippen LogP contribution in [0, 0.1) is 0 Å². The van der Waals surface area contributed by atoms with Crippen molar-refractivity contribution in [3.8, 4) is 0 Å². The predicted octanol–water partition coefficient (Wildman–Crippen LogP) is 2.28. The average molecular weight is 366 g/mol. The lowest BCUT2D eigenvalue weighted by Gasteiger charge is -2.19. The van der Waals surface area contributed by atoms with Crippen LogP contribution in [0.15, 0.2) is 17.0 Å². The van der Waals surface area contributed by atoms with Crippen LogP contribution in [-0.4, -0.2) is 38.3 Å². The van der Waals surface area contributed by atoms with Gasteiger partial charge in [-0.2, -0.15) is 0 Å². The first-order valence-electron chi connectivity index (χ1n) is 7.15. The average Bonchev–Trinajstić information content (AvgIpc) is 2.72. The molecule has 0 spiro atoms. The molecule has 1 aromatic rings. The van der Waals surface area contributed by atoms with Gasteiger partial charge in [0, 0.05) is 31.6 Å². The molecule has 0 radical (unpaired) electrons. The number of esters is 1. The van der Waals surface area contributed by atoms with Gasteiger partial charge < -0.3 is 9.84 Å². The molecule has 9 heteroatoms. The summed E-state index contributed by atoms with van der Waals surface area (Å²) >= 11 is 0. The molecule has 2 rings (SSSR count). The van der Waals surface area contributed by atoms with Gasteiger partial charge in [0.05, 0.1) is 11.0 Å². The number of sulfone groups is 1. The Morgan fingerprint density at radius 3 is 2.54 bits per heavy atom. The van der Waals surface area contributed by atoms with Crippen LogP contribution in [0.3, 0.4) is 0 Å². The molecule has 0 saturated carbocycles. The van der Waals surface area contributed by atoms with Gasteiger partial charge >= 0.3 is 5.97 Å². The van der Waals surface area contributed by atoms with Crippen LogP contribution in [0.5, 0.6) is 0 Å². The fourth-order valence-corrected chi connectivity index (χ4v) is 3.88. The number of fused-ring (bicyclic) bond motifs is 1. The fraction of sp³-hybridized carbons (Fsp3) is 0.533. The number of benzene rings is 1. The molecule has 1 aromatic carbocycles. The van der Waals surface area contributed by atoms with Crippen LogP contribution in [0.25, 0.3) is 0 Å². The molecule has 0 fully saturated rings. The van der Waals surface area contributed by atoms with Gasteiger partial charge in [-0.1, -0.05) is 6.07 Å². The van der Waals surface area contributed by atoms with E-state index in [2.05, 4.69) is 0 Å². The van der Waals surface area contributed by atoms with E-state index in [1.54, 1.807) is 0 Å². The van der Waals surface area contributed by atoms with Crippen molar-refractivity contribution in [3.63, 3.8) is 0 Å². The van der Waals surface area contributed by atoms with Crippen molar-refractivity contribution in [2.45, 2.75) is 49.5 Å². The number of alkyl halides is 3. The Bertz CT molecular complexity index is 748. The van der Waals surface area contributed by atoms with Crippen molar-refractivity contribution in [3.05, 3.63) is 28.8 Å². The third kappa shape index (κ3) is 3.72. The maximum Gasteiger partial charge on any atom is 0.303 e. The van der Waals surface area contributed by atoms with Gasteiger partial charge in [0.2, 0.25) is 6.43 Å². The second-order valence-electron chi connectivity index (χ2n) is 5.71. The van der Waals surface area contributed by atoms with Gasteiger partial charge in [-0.3, -0.25) is 4.79 Å². The van der Waals surface area contributed by atoms with E-state index in [9.17, 15) is 31.5 Å². The van der Waals surface area contributed by atoms with Gasteiger partial charge in [0.15, 0.2) is 15.9 Å². The van der Waals surface area contributed by atoms with E-state index in [-0.39, 0.29) is 28.0 Å². The predicted molar refractivity (Wildman–Crippen MR) is 78.2 cm³/mol. The molecule has 1 aliphatic carbocycles. The summed E-state index contributed by atoms with van der Waals surface area (Å²) in [6.07, 6.45) is -7.79. The van der Waals surface area contributed by atoms with Crippen molar-refractivity contribution in [2.24, 2.45) is 0 Å². The molecule has 0 saturated heterocycles. The van der Waals surface area contributed by atoms with Gasteiger partial charge in [0.1, 0.15) is 6.17 Å². The van der Waals surface area contributed by atoms with Crippen molar-refractivity contribution in [1.82, 2.24) is 0 Å². The second-order valence-corrected chi connectivity index (χ2v) is 7.69. The summed E-state index contributed by atoms with van der Waals surface area (Å²) in [4.78, 5) is 11.0. The van der Waals surface area contributed by atoms with Crippen LogP contribution in [-0.2, 0) is 25.8 Å². The van der Waals surface area contributed by atoms with Crippen LogP contribution >= 0.6 is 0 Å². The maximum absolute atomic E-state index is 14.3. The highest BCUT2D eigenvalue weighted by Crippen LogP contribution is 2.44. The van der Waals surface area contributed by atoms with E-state index >= 15 is 0 Å². The third-order valence-electron chi connectivity index (χ3n) is 3.82. The first-order chi connectivity index (χ1) is 11.0. The second kappa shape index (κ2) is 6.72. The number of carbonyl (C=O) groups excluding carboxylic acids is 1. The largest absolute Gasteiger partial charge is 0.454 e. The minimum atomic E-state index is -3.77. The number of carbonyl (C=O) groups is 1. The molecular formula is C15H17F3O5S. The minimum Gasteiger partial charge on any atom is -0.454 e. The molecule has 24 heavy (non-hydrogen) atoms. The third-order valence-corrected chi connectivity index (χ3v) is 4.97. The molecule has 1 aliphatic rings. The lowest BCUT2D eigenvalue weighted by molar-refractivity contribution is -0.149. The van der Waals surface area contributed by atoms with Crippen LogP contribution in [0.1, 0.15) is 42.2 Å². The topological polar surface area (TPSA) is 80.7 Å².